The first kappa shape index (κ1) is 24.5. The fraction of sp³-hybridized carbons (Fsp3) is 0.240. The third-order valence-corrected chi connectivity index (χ3v) is 5.20. The van der Waals surface area contributed by atoms with Crippen molar-refractivity contribution in [3.05, 3.63) is 70.9 Å². The van der Waals surface area contributed by atoms with Crippen LogP contribution in [0.15, 0.2) is 60.8 Å². The number of ether oxygens (including phenoxy) is 2. The van der Waals surface area contributed by atoms with Crippen molar-refractivity contribution >= 4 is 40.0 Å². The smallest absolute Gasteiger partial charge is 0.312 e. The molecule has 2 aromatic heterocycles. The fourth-order valence-corrected chi connectivity index (χ4v) is 3.24. The van der Waals surface area contributed by atoms with E-state index in [-0.39, 0.29) is 36.0 Å². The Kier molecular flexibility index (Phi) is 6.73. The number of nitro groups is 1. The molecule has 0 aliphatic rings. The molecule has 11 nitrogen and oxygen atoms in total. The van der Waals surface area contributed by atoms with Gasteiger partial charge in [-0.25, -0.2) is 0 Å². The number of nitro benzene ring substituents is 1. The molecule has 0 atom stereocenters. The molecule has 0 radical (unpaired) electrons. The average molecular weight is 491 g/mol. The summed E-state index contributed by atoms with van der Waals surface area (Å²) in [5.41, 5.74) is 1.39. The molecule has 0 aliphatic carbocycles. The van der Waals surface area contributed by atoms with E-state index in [1.54, 1.807) is 43.7 Å². The van der Waals surface area contributed by atoms with Crippen LogP contribution in [0.25, 0.3) is 11.0 Å². The highest BCUT2D eigenvalue weighted by Gasteiger charge is 2.23. The Bertz CT molecular complexity index is 1410. The van der Waals surface area contributed by atoms with Gasteiger partial charge in [0.2, 0.25) is 11.8 Å². The second-order valence-electron chi connectivity index (χ2n) is 8.99. The molecule has 0 bridgehead atoms. The Morgan fingerprint density at radius 1 is 1.08 bits per heavy atom. The zero-order chi connectivity index (χ0) is 25.9. The summed E-state index contributed by atoms with van der Waals surface area (Å²) < 4.78 is 13.1. The molecule has 186 valence electrons. The monoisotopic (exact) mass is 490 g/mol. The molecular formula is C25H26N6O5. The minimum atomic E-state index is -0.652. The molecule has 4 aromatic rings. The third-order valence-electron chi connectivity index (χ3n) is 5.20. The molecule has 0 saturated heterocycles. The van der Waals surface area contributed by atoms with Gasteiger partial charge in [0.15, 0.2) is 12.4 Å². The number of fused-ring (bicyclic) bond motifs is 1. The SMILES string of the molecule is CNc1ccc(Nc2nc(Oc3cccc([N+](=O)[O-])c3)c3ccn(COC(=O)C(C)(C)C)c3n2)cc1. The molecule has 0 fully saturated rings. The molecule has 2 heterocycles. The number of nitrogens with one attached hydrogen (secondary N) is 2. The molecule has 4 rings (SSSR count). The standard InChI is InChI=1S/C25H26N6O5/c1-25(2,3)23(32)35-15-30-13-12-20-21(30)28-24(27-17-10-8-16(26-4)9-11-17)29-22(20)36-19-7-5-6-18(14-19)31(33)34/h5-14,26H,15H2,1-4H3,(H,27,28,29). The number of carbonyl (C=O) groups is 1. The number of non-ortho nitro benzene ring substituents is 1. The summed E-state index contributed by atoms with van der Waals surface area (Å²) in [6, 6.07) is 15.1. The molecule has 11 heteroatoms. The van der Waals surface area contributed by atoms with Gasteiger partial charge in [-0.15, -0.1) is 0 Å². The average Bonchev–Trinajstić information content (AvgIpc) is 3.25. The van der Waals surface area contributed by atoms with E-state index in [4.69, 9.17) is 9.47 Å². The van der Waals surface area contributed by atoms with Gasteiger partial charge in [0.05, 0.1) is 21.8 Å². The van der Waals surface area contributed by atoms with E-state index in [9.17, 15) is 14.9 Å². The molecule has 2 N–H and O–H groups in total. The summed E-state index contributed by atoms with van der Waals surface area (Å²) in [6.07, 6.45) is 1.71. The van der Waals surface area contributed by atoms with Gasteiger partial charge in [-0.3, -0.25) is 19.5 Å². The van der Waals surface area contributed by atoms with E-state index in [0.29, 0.717) is 11.0 Å². The van der Waals surface area contributed by atoms with Crippen molar-refractivity contribution in [3.8, 4) is 11.6 Å². The van der Waals surface area contributed by atoms with Crippen molar-refractivity contribution in [2.75, 3.05) is 17.7 Å². The van der Waals surface area contributed by atoms with Crippen LogP contribution >= 0.6 is 0 Å². The van der Waals surface area contributed by atoms with Gasteiger partial charge in [0.25, 0.3) is 5.69 Å². The zero-order valence-electron chi connectivity index (χ0n) is 20.3. The van der Waals surface area contributed by atoms with Crippen LogP contribution in [0.4, 0.5) is 23.0 Å². The number of hydrogen-bond acceptors (Lipinski definition) is 9. The van der Waals surface area contributed by atoms with Gasteiger partial charge < -0.3 is 20.1 Å². The summed E-state index contributed by atoms with van der Waals surface area (Å²) in [7, 11) is 1.83. The van der Waals surface area contributed by atoms with Gasteiger partial charge in [-0.05, 0) is 57.2 Å². The van der Waals surface area contributed by atoms with Crippen LogP contribution in [-0.2, 0) is 16.3 Å². The molecular weight excluding hydrogens is 464 g/mol. The van der Waals surface area contributed by atoms with Crippen LogP contribution in [0, 0.1) is 15.5 Å². The molecule has 0 unspecified atom stereocenters. The van der Waals surface area contributed by atoms with Crippen molar-refractivity contribution in [2.45, 2.75) is 27.5 Å². The summed E-state index contributed by atoms with van der Waals surface area (Å²) in [5, 5.41) is 17.9. The highest BCUT2D eigenvalue weighted by Crippen LogP contribution is 2.32. The van der Waals surface area contributed by atoms with E-state index >= 15 is 0 Å². The lowest BCUT2D eigenvalue weighted by Crippen LogP contribution is -2.24. The van der Waals surface area contributed by atoms with Gasteiger partial charge >= 0.3 is 5.97 Å². The third kappa shape index (κ3) is 5.52. The lowest BCUT2D eigenvalue weighted by atomic mass is 9.98. The van der Waals surface area contributed by atoms with E-state index in [1.165, 1.54) is 18.2 Å². The number of aromatic nitrogens is 3. The number of nitrogens with zero attached hydrogens (tertiary/aromatic N) is 4. The second-order valence-corrected chi connectivity index (χ2v) is 8.99. The first-order valence-corrected chi connectivity index (χ1v) is 11.2. The van der Waals surface area contributed by atoms with Crippen LogP contribution in [0.1, 0.15) is 20.8 Å². The van der Waals surface area contributed by atoms with Gasteiger partial charge in [0, 0.05) is 30.7 Å². The van der Waals surface area contributed by atoms with Crippen LogP contribution in [0.2, 0.25) is 0 Å². The van der Waals surface area contributed by atoms with E-state index in [1.807, 2.05) is 31.3 Å². The van der Waals surface area contributed by atoms with Crippen LogP contribution in [0.5, 0.6) is 11.6 Å². The van der Waals surface area contributed by atoms with Crippen LogP contribution in [0.3, 0.4) is 0 Å². The quantitative estimate of drug-likeness (QED) is 0.187. The number of rotatable bonds is 8. The first-order chi connectivity index (χ1) is 17.1. The number of esters is 1. The van der Waals surface area contributed by atoms with Crippen molar-refractivity contribution < 1.29 is 19.2 Å². The van der Waals surface area contributed by atoms with Gasteiger partial charge in [0.1, 0.15) is 5.75 Å². The summed E-state index contributed by atoms with van der Waals surface area (Å²) in [5.74, 6) is 0.327. The fourth-order valence-electron chi connectivity index (χ4n) is 3.24. The van der Waals surface area contributed by atoms with E-state index in [0.717, 1.165) is 11.4 Å². The van der Waals surface area contributed by atoms with Crippen molar-refractivity contribution in [3.63, 3.8) is 0 Å². The minimum absolute atomic E-state index is 0.0524. The largest absolute Gasteiger partial charge is 0.443 e. The van der Waals surface area contributed by atoms with Crippen molar-refractivity contribution in [1.82, 2.24) is 14.5 Å². The number of anilines is 3. The minimum Gasteiger partial charge on any atom is -0.443 e. The lowest BCUT2D eigenvalue weighted by Gasteiger charge is -2.17. The van der Waals surface area contributed by atoms with Crippen molar-refractivity contribution in [1.29, 1.82) is 0 Å². The van der Waals surface area contributed by atoms with E-state index < -0.39 is 10.3 Å². The summed E-state index contributed by atoms with van der Waals surface area (Å²) in [6.45, 7) is 5.27. The maximum atomic E-state index is 12.3. The molecule has 2 aromatic carbocycles. The Hall–Kier alpha value is -4.67. The Morgan fingerprint density at radius 3 is 2.47 bits per heavy atom. The highest BCUT2D eigenvalue weighted by molar-refractivity contribution is 5.83. The Labute approximate surface area is 207 Å². The number of benzene rings is 2. The van der Waals surface area contributed by atoms with Crippen molar-refractivity contribution in [2.24, 2.45) is 5.41 Å². The molecule has 0 saturated carbocycles. The molecule has 36 heavy (non-hydrogen) atoms. The molecule has 0 spiro atoms. The predicted octanol–water partition coefficient (Wildman–Crippen LogP) is 5.46. The molecule has 0 aliphatic heterocycles. The normalized spacial score (nSPS) is 11.2. The summed E-state index contributed by atoms with van der Waals surface area (Å²) >= 11 is 0. The van der Waals surface area contributed by atoms with Gasteiger partial charge in [-0.1, -0.05) is 6.07 Å². The zero-order valence-corrected chi connectivity index (χ0v) is 20.3. The maximum Gasteiger partial charge on any atom is 0.312 e. The van der Waals surface area contributed by atoms with Crippen LogP contribution < -0.4 is 15.4 Å². The van der Waals surface area contributed by atoms with Crippen LogP contribution in [-0.4, -0.2) is 32.5 Å². The lowest BCUT2D eigenvalue weighted by molar-refractivity contribution is -0.384. The number of carbonyl (C=O) groups excluding carboxylic acids is 1. The topological polar surface area (TPSA) is 133 Å². The first-order valence-electron chi connectivity index (χ1n) is 11.2. The summed E-state index contributed by atoms with van der Waals surface area (Å²) in [4.78, 5) is 32.1. The predicted molar refractivity (Wildman–Crippen MR) is 136 cm³/mol. The Balaban J connectivity index is 1.71. The van der Waals surface area contributed by atoms with E-state index in [2.05, 4.69) is 20.6 Å². The Morgan fingerprint density at radius 2 is 1.81 bits per heavy atom. The second kappa shape index (κ2) is 9.90. The molecule has 0 amide bonds. The maximum absolute atomic E-state index is 12.3. The van der Waals surface area contributed by atoms with Gasteiger partial charge in [-0.2, -0.15) is 9.97 Å². The number of hydrogen-bond donors (Lipinski definition) is 2. The highest BCUT2D eigenvalue weighted by atomic mass is 16.6.